The molecule has 0 radical (unpaired) electrons. The second-order valence-corrected chi connectivity index (χ2v) is 26.2. The van der Waals surface area contributed by atoms with Crippen LogP contribution in [0.2, 0.25) is 0 Å². The van der Waals surface area contributed by atoms with Crippen LogP contribution in [0.5, 0.6) is 0 Å². The predicted molar refractivity (Wildman–Crippen MR) is 238 cm³/mol. The lowest BCUT2D eigenvalue weighted by Gasteiger charge is -2.49. The van der Waals surface area contributed by atoms with Crippen molar-refractivity contribution in [3.63, 3.8) is 0 Å². The van der Waals surface area contributed by atoms with E-state index in [0.717, 1.165) is 20.7 Å². The molecule has 0 saturated heterocycles. The van der Waals surface area contributed by atoms with Crippen LogP contribution in [0.1, 0.15) is 12.8 Å². The molecule has 1 aliphatic carbocycles. The van der Waals surface area contributed by atoms with Crippen LogP contribution in [0.4, 0.5) is 0 Å². The minimum Gasteiger partial charge on any atom is -0.399 e. The molecule has 4 atom stereocenters. The van der Waals surface area contributed by atoms with Gasteiger partial charge in [0.25, 0.3) is 33.3 Å². The van der Waals surface area contributed by atoms with Gasteiger partial charge < -0.3 is 17.7 Å². The van der Waals surface area contributed by atoms with E-state index < -0.39 is 57.7 Å². The Hall–Kier alpha value is -4.49. The third-order valence-electron chi connectivity index (χ3n) is 10.5. The summed E-state index contributed by atoms with van der Waals surface area (Å²) >= 11 is 0. The van der Waals surface area contributed by atoms with Crippen LogP contribution < -0.4 is 20.7 Å². The van der Waals surface area contributed by atoms with Crippen LogP contribution >= 0.6 is 0 Å². The molecule has 4 nitrogen and oxygen atoms in total. The summed E-state index contributed by atoms with van der Waals surface area (Å²) in [5.74, 6) is 0. The Labute approximate surface area is 327 Å². The minimum atomic E-state index is -2.97. The molecule has 0 N–H and O–H groups in total. The molecule has 0 aromatic heterocycles. The minimum absolute atomic E-state index is 0.447. The Balaban J connectivity index is 1.69. The number of hydrogen-bond donors (Lipinski definition) is 0. The molecular weight excluding hydrogens is 729 g/mol. The summed E-state index contributed by atoms with van der Waals surface area (Å²) in [6, 6.07) is 40.9. The monoisotopic (exact) mass is 780 g/mol. The van der Waals surface area contributed by atoms with Crippen molar-refractivity contribution in [3.8, 4) is 0 Å². The molecule has 0 spiro atoms. The molecule has 8 heteroatoms. The summed E-state index contributed by atoms with van der Waals surface area (Å²) in [5.41, 5.74) is 15.5. The van der Waals surface area contributed by atoms with E-state index in [1.54, 1.807) is 0 Å². The Bertz CT molecular complexity index is 1600. The fourth-order valence-electron chi connectivity index (χ4n) is 7.29. The first-order valence-corrected chi connectivity index (χ1v) is 26.5. The fraction of sp³-hybridized carbons (Fsp3) is 0.130. The summed E-state index contributed by atoms with van der Waals surface area (Å²) in [4.78, 5) is 0. The van der Waals surface area contributed by atoms with Crippen molar-refractivity contribution in [2.24, 2.45) is 0 Å². The van der Waals surface area contributed by atoms with Gasteiger partial charge in [-0.15, -0.1) is 52.6 Å². The van der Waals surface area contributed by atoms with Crippen LogP contribution in [0.15, 0.2) is 220 Å². The van der Waals surface area contributed by atoms with Crippen LogP contribution in [-0.4, -0.2) is 57.7 Å². The van der Waals surface area contributed by atoms with E-state index in [1.165, 1.54) is 0 Å². The average molecular weight is 781 g/mol. The molecule has 0 heterocycles. The van der Waals surface area contributed by atoms with Gasteiger partial charge in [-0.25, -0.2) is 0 Å². The fourth-order valence-corrected chi connectivity index (χ4v) is 17.0. The van der Waals surface area contributed by atoms with E-state index in [9.17, 15) is 0 Å². The van der Waals surface area contributed by atoms with Gasteiger partial charge >= 0.3 is 0 Å². The highest BCUT2D eigenvalue weighted by atomic mass is 28.4. The molecular formula is C46H52O4Si4. The van der Waals surface area contributed by atoms with Gasteiger partial charge in [0, 0.05) is 12.8 Å². The Morgan fingerprint density at radius 2 is 0.481 bits per heavy atom. The normalized spacial score (nSPS) is 19.1. The third-order valence-corrected chi connectivity index (χ3v) is 23.0. The first kappa shape index (κ1) is 40.7. The lowest BCUT2D eigenvalue weighted by molar-refractivity contribution is -0.0790. The molecule has 1 saturated carbocycles. The molecule has 1 fully saturated rings. The SMILES string of the molecule is C=C[Si](C=C)(OC1CC(O[Si](C=C)(C=C)c2ccccc2)C(O[Si](C=C)(C=C)c2ccccc2)CC1O[Si](C=C)(C=C)c1ccccc1)c1ccccc1. The average Bonchev–Trinajstić information content (AvgIpc) is 3.25. The molecule has 4 aromatic rings. The summed E-state index contributed by atoms with van der Waals surface area (Å²) in [7, 11) is -11.9. The van der Waals surface area contributed by atoms with Crippen LogP contribution in [0.3, 0.4) is 0 Å². The van der Waals surface area contributed by atoms with E-state index in [0.29, 0.717) is 12.8 Å². The molecule has 0 aliphatic heterocycles. The van der Waals surface area contributed by atoms with Crippen molar-refractivity contribution >= 4 is 54.0 Å². The van der Waals surface area contributed by atoms with E-state index in [-0.39, 0.29) is 0 Å². The molecule has 4 unspecified atom stereocenters. The van der Waals surface area contributed by atoms with Gasteiger partial charge in [-0.3, -0.25) is 0 Å². The van der Waals surface area contributed by atoms with Crippen molar-refractivity contribution in [3.05, 3.63) is 220 Å². The summed E-state index contributed by atoms with van der Waals surface area (Å²) in [5, 5.41) is 4.18. The number of hydrogen-bond acceptors (Lipinski definition) is 4. The zero-order chi connectivity index (χ0) is 38.7. The highest BCUT2D eigenvalue weighted by molar-refractivity contribution is 6.96. The van der Waals surface area contributed by atoms with Gasteiger partial charge in [-0.05, 0) is 20.7 Å². The first-order valence-electron chi connectivity index (χ1n) is 18.3. The molecule has 4 aromatic carbocycles. The lowest BCUT2D eigenvalue weighted by atomic mass is 9.90. The predicted octanol–water partition coefficient (Wildman–Crippen LogP) is 7.53. The zero-order valence-corrected chi connectivity index (χ0v) is 35.2. The maximum atomic E-state index is 7.41. The quantitative estimate of drug-likeness (QED) is 0.0870. The van der Waals surface area contributed by atoms with Crippen LogP contribution in [-0.2, 0) is 17.7 Å². The molecule has 54 heavy (non-hydrogen) atoms. The van der Waals surface area contributed by atoms with Gasteiger partial charge in [0.05, 0.1) is 24.4 Å². The van der Waals surface area contributed by atoms with Crippen molar-refractivity contribution in [2.75, 3.05) is 0 Å². The third kappa shape index (κ3) is 8.26. The molecule has 0 bridgehead atoms. The van der Waals surface area contributed by atoms with E-state index in [2.05, 4.69) is 101 Å². The molecule has 5 rings (SSSR count). The molecule has 0 amide bonds. The van der Waals surface area contributed by atoms with Crippen LogP contribution in [0, 0.1) is 0 Å². The number of benzene rings is 4. The maximum Gasteiger partial charge on any atom is 0.272 e. The van der Waals surface area contributed by atoms with E-state index in [4.69, 9.17) is 17.7 Å². The van der Waals surface area contributed by atoms with Gasteiger partial charge in [-0.1, -0.05) is 167 Å². The Kier molecular flexibility index (Phi) is 13.7. The van der Waals surface area contributed by atoms with Gasteiger partial charge in [0.15, 0.2) is 0 Å². The Morgan fingerprint density at radius 3 is 0.630 bits per heavy atom. The second kappa shape index (κ2) is 18.2. The highest BCUT2D eigenvalue weighted by Crippen LogP contribution is 2.36. The summed E-state index contributed by atoms with van der Waals surface area (Å²) < 4.78 is 29.6. The lowest BCUT2D eigenvalue weighted by Crippen LogP contribution is -2.64. The van der Waals surface area contributed by atoms with E-state index >= 15 is 0 Å². The number of rotatable bonds is 20. The van der Waals surface area contributed by atoms with Crippen LogP contribution in [0.25, 0.3) is 0 Å². The van der Waals surface area contributed by atoms with Crippen molar-refractivity contribution < 1.29 is 17.7 Å². The Morgan fingerprint density at radius 1 is 0.315 bits per heavy atom. The van der Waals surface area contributed by atoms with Gasteiger partial charge in [-0.2, -0.15) is 0 Å². The molecule has 276 valence electrons. The topological polar surface area (TPSA) is 36.9 Å². The zero-order valence-electron chi connectivity index (χ0n) is 31.2. The smallest absolute Gasteiger partial charge is 0.272 e. The largest absolute Gasteiger partial charge is 0.399 e. The van der Waals surface area contributed by atoms with Crippen molar-refractivity contribution in [1.82, 2.24) is 0 Å². The van der Waals surface area contributed by atoms with Crippen molar-refractivity contribution in [1.29, 1.82) is 0 Å². The van der Waals surface area contributed by atoms with E-state index in [1.807, 2.05) is 118 Å². The summed E-state index contributed by atoms with van der Waals surface area (Å²) in [6.45, 7) is 34.4. The standard InChI is InChI=1S/C46H52O4Si4/c1-9-51(10-2,39-29-21-17-22-30-39)47-43-37-45(49-53(13-5,14-6)41-33-25-19-26-34-41)46(50-54(15-7,16-8)42-35-27-20-28-36-42)38-44(43)48-52(11-3,12-4)40-31-23-18-24-32-40/h9-36,43-46H,1-8,37-38H2. The van der Waals surface area contributed by atoms with Gasteiger partial charge in [0.1, 0.15) is 0 Å². The molecule has 1 aliphatic rings. The van der Waals surface area contributed by atoms with Crippen molar-refractivity contribution in [2.45, 2.75) is 37.3 Å². The summed E-state index contributed by atoms with van der Waals surface area (Å²) in [6.07, 6.45) is -0.918. The highest BCUT2D eigenvalue weighted by Gasteiger charge is 2.50. The second-order valence-electron chi connectivity index (χ2n) is 13.4. The maximum absolute atomic E-state index is 7.41. The first-order chi connectivity index (χ1) is 26.3. The van der Waals surface area contributed by atoms with Gasteiger partial charge in [0.2, 0.25) is 0 Å².